The van der Waals surface area contributed by atoms with Gasteiger partial charge in [0.1, 0.15) is 0 Å². The van der Waals surface area contributed by atoms with Crippen LogP contribution in [0.25, 0.3) is 111 Å². The molecule has 10 nitrogen and oxygen atoms in total. The van der Waals surface area contributed by atoms with E-state index >= 15 is 0 Å². The van der Waals surface area contributed by atoms with E-state index in [4.69, 9.17) is 15.0 Å². The first-order valence-electron chi connectivity index (χ1n) is 29.5. The van der Waals surface area contributed by atoms with Gasteiger partial charge in [-0.05, 0) is 195 Å². The quantitative estimate of drug-likeness (QED) is 0.152. The molecule has 0 unspecified atom stereocenters. The van der Waals surface area contributed by atoms with Crippen molar-refractivity contribution < 1.29 is 0 Å². The molecule has 10 heteroatoms. The van der Waals surface area contributed by atoms with Gasteiger partial charge in [0.15, 0.2) is 17.5 Å². The van der Waals surface area contributed by atoms with Crippen molar-refractivity contribution in [3.05, 3.63) is 220 Å². The Morgan fingerprint density at radius 2 is 0.545 bits per heavy atom. The Balaban J connectivity index is 1.24. The molecule has 0 fully saturated rings. The van der Waals surface area contributed by atoms with Crippen molar-refractivity contribution in [1.82, 2.24) is 24.1 Å². The third kappa shape index (κ3) is 10.4. The molecule has 0 atom stereocenters. The highest BCUT2D eigenvalue weighted by Crippen LogP contribution is 2.45. The number of benzene rings is 9. The monoisotopic (exact) mass is 1140 g/mol. The van der Waals surface area contributed by atoms with Crippen molar-refractivity contribution in [3.63, 3.8) is 0 Å². The van der Waals surface area contributed by atoms with Crippen LogP contribution in [0.4, 0.5) is 0 Å². The van der Waals surface area contributed by atoms with Crippen molar-refractivity contribution in [2.24, 2.45) is 0 Å². The Labute approximate surface area is 514 Å². The first-order chi connectivity index (χ1) is 41.8. The Hall–Kier alpha value is -11.0. The zero-order chi connectivity index (χ0) is 62.4. The average Bonchev–Trinajstić information content (AvgIpc) is 1.55. The normalized spacial score (nSPS) is 12.0. The molecule has 9 aromatic carbocycles. The maximum atomic E-state index is 10.3. The van der Waals surface area contributed by atoms with Gasteiger partial charge >= 0.3 is 0 Å². The van der Waals surface area contributed by atoms with Crippen molar-refractivity contribution in [2.45, 2.75) is 105 Å². The molecule has 0 radical (unpaired) electrons. The van der Waals surface area contributed by atoms with Gasteiger partial charge < -0.3 is 9.13 Å². The zero-order valence-electron chi connectivity index (χ0n) is 51.6. The fourth-order valence-electron chi connectivity index (χ4n) is 11.8. The van der Waals surface area contributed by atoms with Crippen molar-refractivity contribution in [1.29, 1.82) is 26.3 Å². The lowest BCUT2D eigenvalue weighted by molar-refractivity contribution is 0.568. The maximum absolute atomic E-state index is 10.3. The van der Waals surface area contributed by atoms with E-state index < -0.39 is 0 Å². The fourth-order valence-corrected chi connectivity index (χ4v) is 11.8. The Bertz CT molecular complexity index is 4820. The van der Waals surface area contributed by atoms with Crippen molar-refractivity contribution >= 4 is 43.6 Å². The molecule has 0 bridgehead atoms. The van der Waals surface area contributed by atoms with Gasteiger partial charge in [0, 0.05) is 49.4 Å². The molecule has 0 spiro atoms. The summed E-state index contributed by atoms with van der Waals surface area (Å²) in [4.78, 5) is 16.6. The topological polar surface area (TPSA) is 167 Å². The molecule has 426 valence electrons. The average molecular weight is 1140 g/mol. The van der Waals surface area contributed by atoms with Crippen molar-refractivity contribution in [3.8, 4) is 98.1 Å². The van der Waals surface area contributed by atoms with Crippen LogP contribution in [0, 0.1) is 56.7 Å². The van der Waals surface area contributed by atoms with Crippen LogP contribution in [-0.2, 0) is 21.7 Å². The number of fused-ring (bicyclic) bond motifs is 6. The molecule has 88 heavy (non-hydrogen) atoms. The van der Waals surface area contributed by atoms with Crippen LogP contribution in [0.3, 0.4) is 0 Å². The van der Waals surface area contributed by atoms with Crippen LogP contribution >= 0.6 is 0 Å². The molecular weight excluding hydrogens is 1080 g/mol. The second kappa shape index (κ2) is 21.2. The molecule has 12 aromatic rings. The molecule has 12 rings (SSSR count). The summed E-state index contributed by atoms with van der Waals surface area (Å²) in [5.74, 6) is 1.53. The number of hydrogen-bond acceptors (Lipinski definition) is 8. The minimum absolute atomic E-state index is 0.197. The van der Waals surface area contributed by atoms with Gasteiger partial charge in [0.05, 0.1) is 91.6 Å². The van der Waals surface area contributed by atoms with Gasteiger partial charge in [0.2, 0.25) is 0 Å². The molecule has 3 heterocycles. The van der Waals surface area contributed by atoms with Gasteiger partial charge in [-0.25, -0.2) is 15.0 Å². The highest BCUT2D eigenvalue weighted by molar-refractivity contribution is 6.12. The molecule has 0 saturated heterocycles. The van der Waals surface area contributed by atoms with Gasteiger partial charge in [-0.3, -0.25) is 0 Å². The summed E-state index contributed by atoms with van der Waals surface area (Å²) in [6.45, 7) is 26.8. The zero-order valence-corrected chi connectivity index (χ0v) is 51.6. The summed E-state index contributed by atoms with van der Waals surface area (Å²) in [6, 6.07) is 68.2. The van der Waals surface area contributed by atoms with E-state index in [0.29, 0.717) is 50.9 Å². The first kappa shape index (κ1) is 57.5. The summed E-state index contributed by atoms with van der Waals surface area (Å²) >= 11 is 0. The second-order valence-corrected chi connectivity index (χ2v) is 27.1. The molecule has 0 N–H and O–H groups in total. The summed E-state index contributed by atoms with van der Waals surface area (Å²) in [5, 5.41) is 54.3. The number of nitriles is 5. The lowest BCUT2D eigenvalue weighted by Crippen LogP contribution is -2.17. The van der Waals surface area contributed by atoms with E-state index in [1.165, 1.54) is 0 Å². The molecule has 0 saturated carbocycles. The number of nitrogens with zero attached hydrogens (tertiary/aromatic N) is 10. The highest BCUT2D eigenvalue weighted by atomic mass is 15.0. The van der Waals surface area contributed by atoms with Crippen LogP contribution in [0.5, 0.6) is 0 Å². The van der Waals surface area contributed by atoms with Crippen LogP contribution < -0.4 is 0 Å². The highest BCUT2D eigenvalue weighted by Gasteiger charge is 2.28. The van der Waals surface area contributed by atoms with Gasteiger partial charge in [-0.1, -0.05) is 113 Å². The summed E-state index contributed by atoms with van der Waals surface area (Å²) in [6.07, 6.45) is 0. The van der Waals surface area contributed by atoms with Crippen LogP contribution in [0.2, 0.25) is 0 Å². The van der Waals surface area contributed by atoms with Crippen LogP contribution in [0.15, 0.2) is 170 Å². The first-order valence-corrected chi connectivity index (χ1v) is 29.5. The molecular formula is C78H64N10. The molecule has 0 amide bonds. The maximum Gasteiger partial charge on any atom is 0.164 e. The van der Waals surface area contributed by atoms with E-state index in [2.05, 4.69) is 195 Å². The second-order valence-electron chi connectivity index (χ2n) is 27.1. The Kier molecular flexibility index (Phi) is 13.9. The SMILES string of the molecule is CC(C)(C)c1cc(-c2nc(-c3cc(C(C)(C)C)cc(C(C)(C)C)c3)nc(-c3ccc(-n4c5ccc(C#N)cc5c5cc(C#N)ccc54)c(-c4cc(-c5ccc(C#N)cc5)ccc4-n4c5ccc(C#N)cc5c5cc(C#N)ccc54)c3)n2)cc(C(C)(C)C)c1. The lowest BCUT2D eigenvalue weighted by atomic mass is 9.79. The van der Waals surface area contributed by atoms with Crippen LogP contribution in [-0.4, -0.2) is 24.1 Å². The van der Waals surface area contributed by atoms with Gasteiger partial charge in [-0.15, -0.1) is 0 Å². The predicted molar refractivity (Wildman–Crippen MR) is 354 cm³/mol. The molecule has 3 aromatic heterocycles. The van der Waals surface area contributed by atoms with E-state index in [9.17, 15) is 26.3 Å². The van der Waals surface area contributed by atoms with E-state index in [-0.39, 0.29) is 21.7 Å². The summed E-state index contributed by atoms with van der Waals surface area (Å²) in [5.41, 5.74) is 17.0. The molecule has 0 aliphatic carbocycles. The fraction of sp³-hybridized carbons (Fsp3) is 0.205. The van der Waals surface area contributed by atoms with Crippen molar-refractivity contribution in [2.75, 3.05) is 0 Å². The Morgan fingerprint density at radius 1 is 0.273 bits per heavy atom. The van der Waals surface area contributed by atoms with Crippen LogP contribution in [0.1, 0.15) is 133 Å². The van der Waals surface area contributed by atoms with Gasteiger partial charge in [-0.2, -0.15) is 26.3 Å². The smallest absolute Gasteiger partial charge is 0.164 e. The standard InChI is InChI=1S/C78H64N10/c1-75(2,3)56-33-54(34-57(39-56)76(4,5)6)73-84-72(85-74(86-73)55-35-58(77(7,8)9)40-59(36-55)78(10,11)12)53-22-28-71(88-68-25-17-49(44-82)31-62(68)63-32-50(45-83)18-26-69(63)88)65(38-53)64-37-52(51-19-13-46(41-79)14-20-51)21-27-70(64)87-66-23-15-47(42-80)29-60(66)61-30-48(43-81)16-24-67(61)87/h13-40H,1-12H3. The van der Waals surface area contributed by atoms with E-state index in [1.54, 1.807) is 0 Å². The van der Waals surface area contributed by atoms with E-state index in [1.807, 2.05) is 97.1 Å². The van der Waals surface area contributed by atoms with E-state index in [0.717, 1.165) is 111 Å². The lowest BCUT2D eigenvalue weighted by Gasteiger charge is -2.26. The minimum Gasteiger partial charge on any atom is -0.309 e. The minimum atomic E-state index is -0.197. The summed E-state index contributed by atoms with van der Waals surface area (Å²) in [7, 11) is 0. The third-order valence-corrected chi connectivity index (χ3v) is 16.9. The Morgan fingerprint density at radius 3 is 0.852 bits per heavy atom. The summed E-state index contributed by atoms with van der Waals surface area (Å²) < 4.78 is 4.41. The predicted octanol–water partition coefficient (Wildman–Crippen LogP) is 18.9. The third-order valence-electron chi connectivity index (χ3n) is 16.9. The number of rotatable bonds is 7. The molecule has 0 aliphatic heterocycles. The molecule has 0 aliphatic rings. The largest absolute Gasteiger partial charge is 0.309 e. The number of hydrogen-bond donors (Lipinski definition) is 0. The number of aromatic nitrogens is 5. The van der Waals surface area contributed by atoms with Gasteiger partial charge in [0.25, 0.3) is 0 Å².